The van der Waals surface area contributed by atoms with Gasteiger partial charge in [-0.1, -0.05) is 51.1 Å². The fourth-order valence-corrected chi connectivity index (χ4v) is 9.90. The number of hydrogen-bond donors (Lipinski definition) is 4. The van der Waals surface area contributed by atoms with E-state index in [4.69, 9.17) is 9.47 Å². The van der Waals surface area contributed by atoms with Crippen LogP contribution in [0.3, 0.4) is 0 Å². The number of benzene rings is 1. The van der Waals surface area contributed by atoms with Gasteiger partial charge in [-0.05, 0) is 97.3 Å². The molecule has 0 amide bonds. The van der Waals surface area contributed by atoms with Crippen molar-refractivity contribution < 1.29 is 34.7 Å². The molecule has 0 spiro atoms. The van der Waals surface area contributed by atoms with Crippen LogP contribution in [0.1, 0.15) is 91.0 Å². The molecule has 4 aliphatic rings. The van der Waals surface area contributed by atoms with Gasteiger partial charge >= 0.3 is 5.97 Å². The largest absolute Gasteiger partial charge is 0.481 e. The van der Waals surface area contributed by atoms with Crippen LogP contribution in [-0.2, 0) is 20.9 Å². The van der Waals surface area contributed by atoms with Gasteiger partial charge in [0.25, 0.3) is 0 Å². The molecule has 0 radical (unpaired) electrons. The molecule has 7 heteroatoms. The van der Waals surface area contributed by atoms with Gasteiger partial charge in [-0.2, -0.15) is 0 Å². The van der Waals surface area contributed by atoms with E-state index in [-0.39, 0.29) is 52.8 Å². The van der Waals surface area contributed by atoms with E-state index < -0.39 is 30.3 Å². The summed E-state index contributed by atoms with van der Waals surface area (Å²) in [6, 6.07) is 9.91. The molecule has 4 fully saturated rings. The van der Waals surface area contributed by atoms with Gasteiger partial charge in [0.2, 0.25) is 0 Å². The lowest BCUT2D eigenvalue weighted by Gasteiger charge is -2.64. The molecule has 12 atom stereocenters. The standard InChI is InChI=1S/C33H50O7/c1-20(10-13-29(36)37)24-11-12-25-30-26(17-28(35)32(24,25)4)31(3)14-15-33(38,18-23(31)16-27(30)34)40-21(2)39-19-22-8-6-5-7-9-22/h5-9,20-21,23-28,30,34-35,38H,10-19H2,1-4H3,(H,36,37)/t20-,21?,23-,24-,25+,26+,27-,28+,30+,31+,32-,33+/m1/s1. The predicted molar refractivity (Wildman–Crippen MR) is 151 cm³/mol. The third-order valence-corrected chi connectivity index (χ3v) is 12.1. The number of aliphatic hydroxyl groups excluding tert-OH is 2. The Hall–Kier alpha value is -1.51. The van der Waals surface area contributed by atoms with Crippen LogP contribution in [0.5, 0.6) is 0 Å². The van der Waals surface area contributed by atoms with Crippen LogP contribution in [0.25, 0.3) is 0 Å². The average molecular weight is 559 g/mol. The second-order valence-corrected chi connectivity index (χ2v) is 14.1. The zero-order valence-corrected chi connectivity index (χ0v) is 24.7. The fraction of sp³-hybridized carbons (Fsp3) is 0.788. The van der Waals surface area contributed by atoms with Gasteiger partial charge in [-0.3, -0.25) is 4.79 Å². The molecule has 4 saturated carbocycles. The molecule has 1 unspecified atom stereocenters. The quantitative estimate of drug-likeness (QED) is 0.302. The lowest BCUT2D eigenvalue weighted by molar-refractivity contribution is -0.322. The molecule has 0 saturated heterocycles. The molecule has 1 aromatic rings. The first-order valence-corrected chi connectivity index (χ1v) is 15.5. The van der Waals surface area contributed by atoms with E-state index in [1.807, 2.05) is 37.3 Å². The third-order valence-electron chi connectivity index (χ3n) is 12.1. The maximum atomic E-state index is 11.8. The Labute approximate surface area is 239 Å². The number of carboxylic acid groups (broad SMARTS) is 1. The molecule has 1 aromatic carbocycles. The Morgan fingerprint density at radius 1 is 1.05 bits per heavy atom. The summed E-state index contributed by atoms with van der Waals surface area (Å²) in [5, 5.41) is 44.2. The van der Waals surface area contributed by atoms with Crippen LogP contribution in [0.2, 0.25) is 0 Å². The number of aliphatic carboxylic acids is 1. The van der Waals surface area contributed by atoms with E-state index in [2.05, 4.69) is 20.8 Å². The van der Waals surface area contributed by atoms with Gasteiger partial charge in [0, 0.05) is 19.3 Å². The van der Waals surface area contributed by atoms with E-state index in [1.54, 1.807) is 0 Å². The van der Waals surface area contributed by atoms with Crippen molar-refractivity contribution in [1.82, 2.24) is 0 Å². The van der Waals surface area contributed by atoms with Crippen molar-refractivity contribution in [2.24, 2.45) is 46.3 Å². The lowest BCUT2D eigenvalue weighted by atomic mass is 9.43. The minimum atomic E-state index is -1.30. The Balaban J connectivity index is 1.27. The molecule has 4 aliphatic carbocycles. The first-order chi connectivity index (χ1) is 18.9. The smallest absolute Gasteiger partial charge is 0.303 e. The second kappa shape index (κ2) is 11.3. The SMILES string of the molecule is CC(OCc1ccccc1)O[C@@]1(O)CC[C@@]2(C)[C@H](C[C@@H](O)[C@@H]3[C@@H]2C[C@H](O)[C@]2(C)[C@@H]([C@H](C)CCC(=O)O)CC[C@@H]32)C1. The normalized spacial score (nSPS) is 44.2. The van der Waals surface area contributed by atoms with Crippen molar-refractivity contribution in [1.29, 1.82) is 0 Å². The molecule has 0 aliphatic heterocycles. The second-order valence-electron chi connectivity index (χ2n) is 14.1. The molecule has 0 bridgehead atoms. The molecular weight excluding hydrogens is 508 g/mol. The van der Waals surface area contributed by atoms with Crippen molar-refractivity contribution in [2.75, 3.05) is 0 Å². The van der Waals surface area contributed by atoms with Crippen LogP contribution < -0.4 is 0 Å². The van der Waals surface area contributed by atoms with Crippen LogP contribution in [0.15, 0.2) is 30.3 Å². The minimum Gasteiger partial charge on any atom is -0.481 e. The van der Waals surface area contributed by atoms with Gasteiger partial charge in [-0.15, -0.1) is 0 Å². The number of carbonyl (C=O) groups is 1. The number of fused-ring (bicyclic) bond motifs is 5. The van der Waals surface area contributed by atoms with Crippen molar-refractivity contribution in [3.63, 3.8) is 0 Å². The Kier molecular flexibility index (Phi) is 8.46. The van der Waals surface area contributed by atoms with Gasteiger partial charge in [-0.25, -0.2) is 0 Å². The zero-order valence-electron chi connectivity index (χ0n) is 24.7. The summed E-state index contributed by atoms with van der Waals surface area (Å²) in [7, 11) is 0. The number of aliphatic hydroxyl groups is 3. The van der Waals surface area contributed by atoms with E-state index >= 15 is 0 Å². The lowest BCUT2D eigenvalue weighted by Crippen LogP contribution is -2.63. The van der Waals surface area contributed by atoms with Gasteiger partial charge in [0.1, 0.15) is 0 Å². The number of ether oxygens (including phenoxy) is 2. The first kappa shape index (κ1) is 30.0. The molecule has 0 heterocycles. The summed E-state index contributed by atoms with van der Waals surface area (Å²) in [5.74, 6) is -0.989. The topological polar surface area (TPSA) is 116 Å². The molecule has 4 N–H and O–H groups in total. The highest BCUT2D eigenvalue weighted by molar-refractivity contribution is 5.66. The summed E-state index contributed by atoms with van der Waals surface area (Å²) in [6.45, 7) is 8.90. The molecule has 224 valence electrons. The monoisotopic (exact) mass is 558 g/mol. The van der Waals surface area contributed by atoms with Crippen molar-refractivity contribution in [2.45, 2.75) is 116 Å². The van der Waals surface area contributed by atoms with Crippen LogP contribution in [0.4, 0.5) is 0 Å². The predicted octanol–water partition coefficient (Wildman–Crippen LogP) is 5.36. The van der Waals surface area contributed by atoms with Crippen molar-refractivity contribution in [3.05, 3.63) is 35.9 Å². The number of hydrogen-bond acceptors (Lipinski definition) is 6. The Morgan fingerprint density at radius 3 is 2.48 bits per heavy atom. The molecule has 5 rings (SSSR count). The molecule has 0 aromatic heterocycles. The number of rotatable bonds is 9. The minimum absolute atomic E-state index is 0.0899. The summed E-state index contributed by atoms with van der Waals surface area (Å²) >= 11 is 0. The zero-order chi connectivity index (χ0) is 28.9. The van der Waals surface area contributed by atoms with Gasteiger partial charge in [0.15, 0.2) is 12.1 Å². The number of carboxylic acids is 1. The maximum Gasteiger partial charge on any atom is 0.303 e. The van der Waals surface area contributed by atoms with Crippen molar-refractivity contribution >= 4 is 5.97 Å². The summed E-state index contributed by atoms with van der Waals surface area (Å²) in [6.07, 6.45) is 4.22. The molecule has 40 heavy (non-hydrogen) atoms. The van der Waals surface area contributed by atoms with E-state index in [1.165, 1.54) is 0 Å². The Bertz CT molecular complexity index is 1030. The Morgan fingerprint density at radius 2 is 1.77 bits per heavy atom. The summed E-state index contributed by atoms with van der Waals surface area (Å²) in [5.41, 5.74) is 0.645. The maximum absolute atomic E-state index is 11.8. The van der Waals surface area contributed by atoms with Gasteiger partial charge < -0.3 is 29.9 Å². The highest BCUT2D eigenvalue weighted by Crippen LogP contribution is 2.69. The highest BCUT2D eigenvalue weighted by atomic mass is 16.7. The van der Waals surface area contributed by atoms with Gasteiger partial charge in [0.05, 0.1) is 18.8 Å². The highest BCUT2D eigenvalue weighted by Gasteiger charge is 2.66. The third kappa shape index (κ3) is 5.37. The first-order valence-electron chi connectivity index (χ1n) is 15.5. The molecular formula is C33H50O7. The van der Waals surface area contributed by atoms with E-state index in [9.17, 15) is 25.2 Å². The van der Waals surface area contributed by atoms with E-state index in [0.717, 1.165) is 24.8 Å². The van der Waals surface area contributed by atoms with Crippen LogP contribution in [0, 0.1) is 46.3 Å². The fourth-order valence-electron chi connectivity index (χ4n) is 9.90. The van der Waals surface area contributed by atoms with Crippen LogP contribution >= 0.6 is 0 Å². The van der Waals surface area contributed by atoms with Crippen molar-refractivity contribution in [3.8, 4) is 0 Å². The summed E-state index contributed by atoms with van der Waals surface area (Å²) < 4.78 is 12.0. The summed E-state index contributed by atoms with van der Waals surface area (Å²) in [4.78, 5) is 11.2. The van der Waals surface area contributed by atoms with E-state index in [0.29, 0.717) is 38.7 Å². The van der Waals surface area contributed by atoms with Crippen LogP contribution in [-0.4, -0.2) is 50.7 Å². The molecule has 7 nitrogen and oxygen atoms in total. The average Bonchev–Trinajstić information content (AvgIpc) is 3.27.